The number of aliphatic hydroxyl groups excluding tert-OH is 1. The van der Waals surface area contributed by atoms with Gasteiger partial charge in [0.05, 0.1) is 39.5 Å². The Morgan fingerprint density at radius 3 is 2.47 bits per heavy atom. The van der Waals surface area contributed by atoms with Crippen molar-refractivity contribution >= 4 is 5.91 Å². The summed E-state index contributed by atoms with van der Waals surface area (Å²) in [5, 5.41) is 9.44. The molecule has 162 valence electrons. The van der Waals surface area contributed by atoms with Crippen LogP contribution in [0, 0.1) is 5.92 Å². The molecule has 0 bridgehead atoms. The quantitative estimate of drug-likeness (QED) is 0.654. The van der Waals surface area contributed by atoms with Gasteiger partial charge >= 0.3 is 0 Å². The molecule has 1 fully saturated rings. The maximum absolute atomic E-state index is 13.1. The summed E-state index contributed by atoms with van der Waals surface area (Å²) in [5.74, 6) is 1.89. The van der Waals surface area contributed by atoms with E-state index in [-0.39, 0.29) is 18.4 Å². The van der Waals surface area contributed by atoms with Gasteiger partial charge in [0.2, 0.25) is 5.91 Å². The van der Waals surface area contributed by atoms with Crippen molar-refractivity contribution in [3.05, 3.63) is 59.7 Å². The highest BCUT2D eigenvalue weighted by atomic mass is 16.5. The third kappa shape index (κ3) is 5.74. The second-order valence-corrected chi connectivity index (χ2v) is 7.85. The Hall–Kier alpha value is -2.57. The highest BCUT2D eigenvalue weighted by Crippen LogP contribution is 2.23. The van der Waals surface area contributed by atoms with Crippen LogP contribution in [-0.4, -0.2) is 56.4 Å². The van der Waals surface area contributed by atoms with Crippen LogP contribution < -0.4 is 14.4 Å². The molecular formula is C24H33N2O4+. The second-order valence-electron chi connectivity index (χ2n) is 7.85. The van der Waals surface area contributed by atoms with Gasteiger partial charge in [-0.25, -0.2) is 0 Å². The molecule has 0 radical (unpaired) electrons. The van der Waals surface area contributed by atoms with E-state index in [4.69, 9.17) is 9.47 Å². The zero-order valence-electron chi connectivity index (χ0n) is 18.0. The number of likely N-dealkylation sites (tertiary alicyclic amines) is 1. The number of hydrogen-bond acceptors (Lipinski definition) is 4. The number of aliphatic hydroxyl groups is 1. The number of piperidine rings is 1. The summed E-state index contributed by atoms with van der Waals surface area (Å²) >= 11 is 0. The van der Waals surface area contributed by atoms with Crippen molar-refractivity contribution in [2.24, 2.45) is 5.92 Å². The Balaban J connectivity index is 1.58. The third-order valence-corrected chi connectivity index (χ3v) is 5.87. The van der Waals surface area contributed by atoms with Gasteiger partial charge in [0.25, 0.3) is 0 Å². The van der Waals surface area contributed by atoms with Gasteiger partial charge in [-0.1, -0.05) is 30.3 Å². The number of nitrogens with one attached hydrogen (secondary N) is 1. The van der Waals surface area contributed by atoms with E-state index in [2.05, 4.69) is 0 Å². The normalized spacial score (nSPS) is 18.6. The topological polar surface area (TPSA) is 63.4 Å². The number of rotatable bonds is 9. The van der Waals surface area contributed by atoms with Crippen molar-refractivity contribution in [1.29, 1.82) is 0 Å². The maximum Gasteiger partial charge on any atom is 0.226 e. The summed E-state index contributed by atoms with van der Waals surface area (Å²) in [7, 11) is 3.36. The lowest BCUT2D eigenvalue weighted by Crippen LogP contribution is -3.11. The van der Waals surface area contributed by atoms with Crippen LogP contribution in [0.15, 0.2) is 48.5 Å². The largest absolute Gasteiger partial charge is 0.497 e. The number of hydrogen-bond donors (Lipinski definition) is 2. The molecule has 0 aromatic heterocycles. The number of amides is 1. The molecule has 3 rings (SSSR count). The molecule has 0 spiro atoms. The van der Waals surface area contributed by atoms with E-state index in [0.29, 0.717) is 13.1 Å². The monoisotopic (exact) mass is 413 g/mol. The number of nitrogens with zero attached hydrogens (tertiary/aromatic N) is 1. The van der Waals surface area contributed by atoms with E-state index >= 15 is 0 Å². The maximum atomic E-state index is 13.1. The summed E-state index contributed by atoms with van der Waals surface area (Å²) in [5.41, 5.74) is 2.22. The summed E-state index contributed by atoms with van der Waals surface area (Å²) < 4.78 is 10.9. The Morgan fingerprint density at radius 1 is 1.10 bits per heavy atom. The Bertz CT molecular complexity index is 804. The van der Waals surface area contributed by atoms with Crippen molar-refractivity contribution in [1.82, 2.24) is 4.90 Å². The lowest BCUT2D eigenvalue weighted by Gasteiger charge is -2.32. The first-order valence-electron chi connectivity index (χ1n) is 10.6. The SMILES string of the molecule is COc1ccc(OC)c(C[NH+]2CCC(C(=O)N(CCO)Cc3ccccc3)CC2)c1. The van der Waals surface area contributed by atoms with Crippen molar-refractivity contribution in [3.8, 4) is 11.5 Å². The molecule has 2 aromatic rings. The number of carbonyl (C=O) groups excluding carboxylic acids is 1. The minimum Gasteiger partial charge on any atom is -0.497 e. The van der Waals surface area contributed by atoms with Gasteiger partial charge in [-0.3, -0.25) is 4.79 Å². The van der Waals surface area contributed by atoms with Crippen LogP contribution in [0.3, 0.4) is 0 Å². The van der Waals surface area contributed by atoms with Gasteiger partial charge in [0, 0.05) is 31.8 Å². The molecule has 6 nitrogen and oxygen atoms in total. The number of carbonyl (C=O) groups is 1. The third-order valence-electron chi connectivity index (χ3n) is 5.87. The fourth-order valence-electron chi connectivity index (χ4n) is 4.19. The average Bonchev–Trinajstić information content (AvgIpc) is 2.79. The second kappa shape index (κ2) is 11.0. The fourth-order valence-corrected chi connectivity index (χ4v) is 4.19. The van der Waals surface area contributed by atoms with Crippen LogP contribution in [0.2, 0.25) is 0 Å². The predicted octanol–water partition coefficient (Wildman–Crippen LogP) is 1.52. The minimum absolute atomic E-state index is 0.0156. The summed E-state index contributed by atoms with van der Waals surface area (Å²) in [6, 6.07) is 15.9. The lowest BCUT2D eigenvalue weighted by molar-refractivity contribution is -0.919. The van der Waals surface area contributed by atoms with E-state index in [0.717, 1.165) is 55.1 Å². The zero-order chi connectivity index (χ0) is 21.3. The van der Waals surface area contributed by atoms with Crippen LogP contribution in [0.4, 0.5) is 0 Å². The molecule has 6 heteroatoms. The number of methoxy groups -OCH3 is 2. The van der Waals surface area contributed by atoms with Gasteiger partial charge in [-0.05, 0) is 23.8 Å². The van der Waals surface area contributed by atoms with Crippen molar-refractivity contribution in [3.63, 3.8) is 0 Å². The zero-order valence-corrected chi connectivity index (χ0v) is 18.0. The standard InChI is InChI=1S/C24H32N2O4/c1-29-22-8-9-23(30-2)21(16-22)18-25-12-10-20(11-13-25)24(28)26(14-15-27)17-19-6-4-3-5-7-19/h3-9,16,20,27H,10-15,17-18H2,1-2H3/p+1. The van der Waals surface area contributed by atoms with Crippen LogP contribution in [0.1, 0.15) is 24.0 Å². The smallest absolute Gasteiger partial charge is 0.226 e. The Morgan fingerprint density at radius 2 is 1.83 bits per heavy atom. The van der Waals surface area contributed by atoms with Crippen LogP contribution >= 0.6 is 0 Å². The van der Waals surface area contributed by atoms with E-state index in [1.165, 1.54) is 4.90 Å². The van der Waals surface area contributed by atoms with Crippen LogP contribution in [0.25, 0.3) is 0 Å². The molecule has 2 aromatic carbocycles. The molecular weight excluding hydrogens is 380 g/mol. The van der Waals surface area contributed by atoms with E-state index in [9.17, 15) is 9.90 Å². The average molecular weight is 414 g/mol. The lowest BCUT2D eigenvalue weighted by atomic mass is 9.94. The molecule has 1 amide bonds. The van der Waals surface area contributed by atoms with Crippen LogP contribution in [0.5, 0.6) is 11.5 Å². The van der Waals surface area contributed by atoms with Gasteiger partial charge in [-0.2, -0.15) is 0 Å². The fraction of sp³-hybridized carbons (Fsp3) is 0.458. The molecule has 1 saturated heterocycles. The summed E-state index contributed by atoms with van der Waals surface area (Å²) in [6.45, 7) is 3.64. The van der Waals surface area contributed by atoms with Crippen molar-refractivity contribution in [2.45, 2.75) is 25.9 Å². The first kappa shape index (κ1) is 22.1. The highest BCUT2D eigenvalue weighted by molar-refractivity contribution is 5.79. The van der Waals surface area contributed by atoms with Crippen molar-refractivity contribution in [2.75, 3.05) is 40.5 Å². The molecule has 1 aliphatic heterocycles. The first-order chi connectivity index (χ1) is 14.6. The molecule has 2 N–H and O–H groups in total. The molecule has 0 atom stereocenters. The molecule has 30 heavy (non-hydrogen) atoms. The van der Waals surface area contributed by atoms with Gasteiger partial charge in [0.1, 0.15) is 18.0 Å². The van der Waals surface area contributed by atoms with Crippen molar-refractivity contribution < 1.29 is 24.3 Å². The van der Waals surface area contributed by atoms with Gasteiger partial charge in [0.15, 0.2) is 0 Å². The number of benzene rings is 2. The first-order valence-corrected chi connectivity index (χ1v) is 10.6. The summed E-state index contributed by atoms with van der Waals surface area (Å²) in [6.07, 6.45) is 1.72. The van der Waals surface area contributed by atoms with E-state index in [1.807, 2.05) is 48.5 Å². The summed E-state index contributed by atoms with van der Waals surface area (Å²) in [4.78, 5) is 16.4. The molecule has 0 saturated carbocycles. The van der Waals surface area contributed by atoms with Gasteiger partial charge in [-0.15, -0.1) is 0 Å². The molecule has 0 aliphatic carbocycles. The molecule has 1 aliphatic rings. The molecule has 0 unspecified atom stereocenters. The molecule has 1 heterocycles. The van der Waals surface area contributed by atoms with E-state index < -0.39 is 0 Å². The Labute approximate surface area is 179 Å². The Kier molecular flexibility index (Phi) is 8.11. The van der Waals surface area contributed by atoms with Crippen LogP contribution in [-0.2, 0) is 17.9 Å². The number of quaternary nitrogens is 1. The van der Waals surface area contributed by atoms with E-state index in [1.54, 1.807) is 19.1 Å². The minimum atomic E-state index is -0.0156. The predicted molar refractivity (Wildman–Crippen MR) is 116 cm³/mol. The highest BCUT2D eigenvalue weighted by Gasteiger charge is 2.31. The number of ether oxygens (including phenoxy) is 2. The van der Waals surface area contributed by atoms with Gasteiger partial charge < -0.3 is 24.4 Å².